The van der Waals surface area contributed by atoms with Gasteiger partial charge in [0, 0.05) is 16.3 Å². The average molecular weight is 344 g/mol. The molecule has 124 valence electrons. The van der Waals surface area contributed by atoms with E-state index in [2.05, 4.69) is 10.4 Å². The highest BCUT2D eigenvalue weighted by Crippen LogP contribution is 2.14. The highest BCUT2D eigenvalue weighted by Gasteiger charge is 2.07. The predicted molar refractivity (Wildman–Crippen MR) is 95.8 cm³/mol. The molecule has 2 aromatic carbocycles. The third kappa shape index (κ3) is 4.57. The zero-order valence-electron chi connectivity index (χ0n) is 13.1. The minimum absolute atomic E-state index is 0.172. The molecular weight excluding hydrogens is 326 g/mol. The number of ether oxygens (including phenoxy) is 1. The molecule has 0 spiro atoms. The van der Waals surface area contributed by atoms with E-state index in [4.69, 9.17) is 16.3 Å². The van der Waals surface area contributed by atoms with Gasteiger partial charge < -0.3 is 10.1 Å². The summed E-state index contributed by atoms with van der Waals surface area (Å²) in [4.78, 5) is 12.2. The van der Waals surface area contributed by atoms with Crippen LogP contribution in [0.3, 0.4) is 0 Å². The smallest absolute Gasteiger partial charge is 0.255 e. The molecule has 0 aromatic heterocycles. The molecule has 0 unspecified atom stereocenters. The molecule has 1 aliphatic heterocycles. The van der Waals surface area contributed by atoms with Gasteiger partial charge in [-0.25, -0.2) is 0 Å². The maximum absolute atomic E-state index is 12.2. The Labute approximate surface area is 145 Å². The number of benzene rings is 2. The number of hydrogen-bond acceptors (Lipinski definition) is 4. The fourth-order valence-electron chi connectivity index (χ4n) is 2.32. The fraction of sp³-hybridized carbons (Fsp3) is 0.222. The lowest BCUT2D eigenvalue weighted by Crippen LogP contribution is -2.32. The van der Waals surface area contributed by atoms with Crippen LogP contribution in [-0.4, -0.2) is 43.4 Å². The molecule has 0 bridgehead atoms. The second-order valence-corrected chi connectivity index (χ2v) is 5.83. The Morgan fingerprint density at radius 1 is 1.17 bits per heavy atom. The topological polar surface area (TPSA) is 53.9 Å². The summed E-state index contributed by atoms with van der Waals surface area (Å²) in [6.45, 7) is 3.00. The Hall–Kier alpha value is -2.37. The minimum Gasteiger partial charge on any atom is -0.378 e. The third-order valence-electron chi connectivity index (χ3n) is 3.61. The molecule has 1 aliphatic rings. The summed E-state index contributed by atoms with van der Waals surface area (Å²) in [5, 5.41) is 9.90. The summed E-state index contributed by atoms with van der Waals surface area (Å²) in [5.41, 5.74) is 2.21. The van der Waals surface area contributed by atoms with E-state index in [9.17, 15) is 4.79 Å². The van der Waals surface area contributed by atoms with Gasteiger partial charge in [0.2, 0.25) is 0 Å². The Morgan fingerprint density at radius 2 is 1.92 bits per heavy atom. The van der Waals surface area contributed by atoms with Crippen LogP contribution in [0.2, 0.25) is 5.02 Å². The first kappa shape index (κ1) is 16.5. The summed E-state index contributed by atoms with van der Waals surface area (Å²) in [7, 11) is 0. The van der Waals surface area contributed by atoms with E-state index in [0.717, 1.165) is 24.3 Å². The van der Waals surface area contributed by atoms with Crippen LogP contribution in [0.5, 0.6) is 0 Å². The van der Waals surface area contributed by atoms with Gasteiger partial charge in [-0.15, -0.1) is 0 Å². The van der Waals surface area contributed by atoms with E-state index < -0.39 is 0 Å². The van der Waals surface area contributed by atoms with Crippen molar-refractivity contribution in [2.24, 2.45) is 5.10 Å². The van der Waals surface area contributed by atoms with Crippen LogP contribution in [0.25, 0.3) is 0 Å². The number of nitrogens with one attached hydrogen (secondary N) is 1. The van der Waals surface area contributed by atoms with E-state index in [-0.39, 0.29) is 5.91 Å². The second kappa shape index (κ2) is 7.95. The van der Waals surface area contributed by atoms with Crippen LogP contribution in [-0.2, 0) is 4.74 Å². The maximum atomic E-state index is 12.2. The molecule has 3 rings (SSSR count). The normalized spacial score (nSPS) is 14.8. The molecule has 1 saturated heterocycles. The van der Waals surface area contributed by atoms with Crippen molar-refractivity contribution in [3.05, 3.63) is 64.7 Å². The van der Waals surface area contributed by atoms with Gasteiger partial charge >= 0.3 is 0 Å². The van der Waals surface area contributed by atoms with Crippen molar-refractivity contribution in [1.29, 1.82) is 0 Å². The Bertz CT molecular complexity index is 725. The molecule has 1 amide bonds. The van der Waals surface area contributed by atoms with Crippen molar-refractivity contribution >= 4 is 29.4 Å². The molecule has 2 aromatic rings. The number of hydrogen-bond donors (Lipinski definition) is 1. The lowest BCUT2D eigenvalue weighted by molar-refractivity contribution is 0.0397. The molecule has 5 nitrogen and oxygen atoms in total. The number of hydrazone groups is 1. The number of anilines is 1. The largest absolute Gasteiger partial charge is 0.378 e. The SMILES string of the molecule is O=C(Nc1cccc(C=NN2CCOCC2)c1)c1ccc(Cl)cc1. The maximum Gasteiger partial charge on any atom is 0.255 e. The zero-order chi connectivity index (χ0) is 16.8. The highest BCUT2D eigenvalue weighted by molar-refractivity contribution is 6.30. The number of morpholine rings is 1. The van der Waals surface area contributed by atoms with Gasteiger partial charge in [0.05, 0.1) is 32.5 Å². The monoisotopic (exact) mass is 343 g/mol. The molecule has 0 radical (unpaired) electrons. The van der Waals surface area contributed by atoms with E-state index in [1.54, 1.807) is 30.5 Å². The minimum atomic E-state index is -0.172. The first-order chi connectivity index (χ1) is 11.7. The Kier molecular flexibility index (Phi) is 5.46. The van der Waals surface area contributed by atoms with Gasteiger partial charge in [0.15, 0.2) is 0 Å². The van der Waals surface area contributed by atoms with Crippen molar-refractivity contribution in [3.63, 3.8) is 0 Å². The van der Waals surface area contributed by atoms with Gasteiger partial charge in [0.1, 0.15) is 0 Å². The molecule has 1 fully saturated rings. The summed E-state index contributed by atoms with van der Waals surface area (Å²) in [6, 6.07) is 14.4. The van der Waals surface area contributed by atoms with Crippen LogP contribution in [0.15, 0.2) is 53.6 Å². The summed E-state index contributed by atoms with van der Waals surface area (Å²) >= 11 is 5.84. The molecule has 0 atom stereocenters. The van der Waals surface area contributed by atoms with Crippen molar-refractivity contribution in [2.45, 2.75) is 0 Å². The van der Waals surface area contributed by atoms with Crippen molar-refractivity contribution in [1.82, 2.24) is 5.01 Å². The molecule has 6 heteroatoms. The number of rotatable bonds is 4. The predicted octanol–water partition coefficient (Wildman–Crippen LogP) is 3.26. The molecule has 1 N–H and O–H groups in total. The number of carbonyl (C=O) groups is 1. The third-order valence-corrected chi connectivity index (χ3v) is 3.86. The van der Waals surface area contributed by atoms with Crippen molar-refractivity contribution in [2.75, 3.05) is 31.6 Å². The summed E-state index contributed by atoms with van der Waals surface area (Å²) < 4.78 is 5.29. The molecule has 0 saturated carbocycles. The van der Waals surface area contributed by atoms with Crippen molar-refractivity contribution in [3.8, 4) is 0 Å². The number of halogens is 1. The van der Waals surface area contributed by atoms with Crippen LogP contribution in [0, 0.1) is 0 Å². The molecule has 24 heavy (non-hydrogen) atoms. The molecule has 1 heterocycles. The zero-order valence-corrected chi connectivity index (χ0v) is 13.9. The van der Waals surface area contributed by atoms with Gasteiger partial charge in [-0.3, -0.25) is 9.80 Å². The first-order valence-electron chi connectivity index (χ1n) is 7.74. The van der Waals surface area contributed by atoms with Crippen LogP contribution in [0.1, 0.15) is 15.9 Å². The second-order valence-electron chi connectivity index (χ2n) is 5.40. The molecule has 0 aliphatic carbocycles. The van der Waals surface area contributed by atoms with E-state index in [1.165, 1.54) is 0 Å². The van der Waals surface area contributed by atoms with Crippen LogP contribution in [0.4, 0.5) is 5.69 Å². The van der Waals surface area contributed by atoms with E-state index >= 15 is 0 Å². The van der Waals surface area contributed by atoms with Gasteiger partial charge in [-0.2, -0.15) is 5.10 Å². The average Bonchev–Trinajstić information content (AvgIpc) is 2.62. The van der Waals surface area contributed by atoms with E-state index in [0.29, 0.717) is 23.8 Å². The fourth-order valence-corrected chi connectivity index (χ4v) is 2.44. The van der Waals surface area contributed by atoms with Gasteiger partial charge in [-0.05, 0) is 42.0 Å². The summed E-state index contributed by atoms with van der Waals surface area (Å²) in [6.07, 6.45) is 1.79. The van der Waals surface area contributed by atoms with Gasteiger partial charge in [0.25, 0.3) is 5.91 Å². The Balaban J connectivity index is 1.65. The van der Waals surface area contributed by atoms with Crippen molar-refractivity contribution < 1.29 is 9.53 Å². The highest BCUT2D eigenvalue weighted by atomic mass is 35.5. The number of amides is 1. The number of carbonyl (C=O) groups excluding carboxylic acids is 1. The van der Waals surface area contributed by atoms with Crippen LogP contribution < -0.4 is 5.32 Å². The van der Waals surface area contributed by atoms with E-state index in [1.807, 2.05) is 29.3 Å². The standard InChI is InChI=1S/C18H18ClN3O2/c19-16-6-4-15(5-7-16)18(23)21-17-3-1-2-14(12-17)13-20-22-8-10-24-11-9-22/h1-7,12-13H,8-11H2,(H,21,23). The first-order valence-corrected chi connectivity index (χ1v) is 8.12. The summed E-state index contributed by atoms with van der Waals surface area (Å²) in [5.74, 6) is -0.172. The van der Waals surface area contributed by atoms with Gasteiger partial charge in [-0.1, -0.05) is 23.7 Å². The molecular formula is C18H18ClN3O2. The lowest BCUT2D eigenvalue weighted by atomic mass is 10.2. The quantitative estimate of drug-likeness (QED) is 0.867. The van der Waals surface area contributed by atoms with Crippen LogP contribution >= 0.6 is 11.6 Å². The lowest BCUT2D eigenvalue weighted by Gasteiger charge is -2.23. The Morgan fingerprint density at radius 3 is 2.67 bits per heavy atom. The number of nitrogens with zero attached hydrogens (tertiary/aromatic N) is 2.